The average molecular weight is 294 g/mol. The zero-order valence-electron chi connectivity index (χ0n) is 14.0. The second-order valence-electron chi connectivity index (χ2n) is 6.18. The summed E-state index contributed by atoms with van der Waals surface area (Å²) in [5.74, 6) is -0.208. The van der Waals surface area contributed by atoms with E-state index < -0.39 is 5.54 Å². The fourth-order valence-corrected chi connectivity index (χ4v) is 2.72. The number of hydrogen-bond acceptors (Lipinski definition) is 2. The van der Waals surface area contributed by atoms with Crippen LogP contribution in [0.25, 0.3) is 0 Å². The minimum atomic E-state index is -0.688. The molecule has 0 saturated carbocycles. The van der Waals surface area contributed by atoms with Gasteiger partial charge in [-0.05, 0) is 45.8 Å². The molecule has 0 aliphatic rings. The van der Waals surface area contributed by atoms with Gasteiger partial charge in [0.05, 0.1) is 5.54 Å². The fourth-order valence-electron chi connectivity index (χ4n) is 2.72. The van der Waals surface area contributed by atoms with Gasteiger partial charge in [-0.25, -0.2) is 4.39 Å². The largest absolute Gasteiger partial charge is 0.320 e. The van der Waals surface area contributed by atoms with Gasteiger partial charge in [-0.1, -0.05) is 44.9 Å². The van der Waals surface area contributed by atoms with Crippen LogP contribution in [0.5, 0.6) is 0 Å². The summed E-state index contributed by atoms with van der Waals surface area (Å²) in [4.78, 5) is 2.42. The molecule has 0 aliphatic heterocycles. The molecular formula is C18H31FN2. The molecule has 21 heavy (non-hydrogen) atoms. The van der Waals surface area contributed by atoms with Gasteiger partial charge in [0, 0.05) is 11.6 Å². The average Bonchev–Trinajstić information content (AvgIpc) is 2.47. The van der Waals surface area contributed by atoms with Crippen LogP contribution in [0, 0.1) is 5.82 Å². The quantitative estimate of drug-likeness (QED) is 0.736. The summed E-state index contributed by atoms with van der Waals surface area (Å²) < 4.78 is 14.1. The summed E-state index contributed by atoms with van der Waals surface area (Å²) in [7, 11) is 0. The summed E-state index contributed by atoms with van der Waals surface area (Å²) in [6, 6.07) is 6.98. The first-order chi connectivity index (χ1) is 9.95. The SMILES string of the molecule is CCCCN(CCCC)C(C)C(C)(N)c1ccccc1F. The molecule has 0 spiro atoms. The molecule has 1 rings (SSSR count). The molecule has 0 bridgehead atoms. The Kier molecular flexibility index (Phi) is 7.33. The predicted octanol–water partition coefficient (Wildman–Crippen LogP) is 4.29. The lowest BCUT2D eigenvalue weighted by Crippen LogP contribution is -2.53. The number of hydrogen-bond donors (Lipinski definition) is 1. The van der Waals surface area contributed by atoms with E-state index in [9.17, 15) is 4.39 Å². The number of unbranched alkanes of at least 4 members (excludes halogenated alkanes) is 2. The van der Waals surface area contributed by atoms with Gasteiger partial charge in [-0.3, -0.25) is 4.90 Å². The van der Waals surface area contributed by atoms with Crippen molar-refractivity contribution in [3.05, 3.63) is 35.6 Å². The summed E-state index contributed by atoms with van der Waals surface area (Å²) >= 11 is 0. The fraction of sp³-hybridized carbons (Fsp3) is 0.667. The number of halogens is 1. The Morgan fingerprint density at radius 3 is 2.14 bits per heavy atom. The molecule has 2 unspecified atom stereocenters. The third-order valence-corrected chi connectivity index (χ3v) is 4.47. The minimum absolute atomic E-state index is 0.104. The topological polar surface area (TPSA) is 29.3 Å². The normalized spacial score (nSPS) is 16.0. The van der Waals surface area contributed by atoms with Gasteiger partial charge in [0.15, 0.2) is 0 Å². The molecule has 0 fully saturated rings. The molecule has 3 heteroatoms. The molecule has 1 aromatic carbocycles. The van der Waals surface area contributed by atoms with Crippen molar-refractivity contribution in [1.82, 2.24) is 4.90 Å². The van der Waals surface area contributed by atoms with Crippen LogP contribution >= 0.6 is 0 Å². The minimum Gasteiger partial charge on any atom is -0.320 e. The molecule has 0 saturated heterocycles. The van der Waals surface area contributed by atoms with Crippen LogP contribution in [-0.4, -0.2) is 24.0 Å². The number of nitrogens with two attached hydrogens (primary N) is 1. The highest BCUT2D eigenvalue weighted by Gasteiger charge is 2.34. The summed E-state index contributed by atoms with van der Waals surface area (Å²) in [6.07, 6.45) is 4.63. The van der Waals surface area contributed by atoms with Crippen molar-refractivity contribution in [1.29, 1.82) is 0 Å². The van der Waals surface area contributed by atoms with Gasteiger partial charge in [-0.2, -0.15) is 0 Å². The lowest BCUT2D eigenvalue weighted by molar-refractivity contribution is 0.134. The standard InChI is InChI=1S/C18H31FN2/c1-5-7-13-21(14-8-6-2)15(3)18(4,20)16-11-9-10-12-17(16)19/h9-12,15H,5-8,13-14,20H2,1-4H3. The molecular weight excluding hydrogens is 263 g/mol. The molecule has 0 aromatic heterocycles. The van der Waals surface area contributed by atoms with Gasteiger partial charge in [0.25, 0.3) is 0 Å². The maximum absolute atomic E-state index is 14.1. The smallest absolute Gasteiger partial charge is 0.128 e. The molecule has 120 valence electrons. The molecule has 0 heterocycles. The Morgan fingerprint density at radius 1 is 1.14 bits per heavy atom. The van der Waals surface area contributed by atoms with Crippen LogP contribution in [0.1, 0.15) is 58.9 Å². The molecule has 0 amide bonds. The van der Waals surface area contributed by atoms with Gasteiger partial charge < -0.3 is 5.73 Å². The Balaban J connectivity index is 2.93. The van der Waals surface area contributed by atoms with E-state index in [0.717, 1.165) is 38.8 Å². The Bertz CT molecular complexity index is 409. The van der Waals surface area contributed by atoms with E-state index >= 15 is 0 Å². The third kappa shape index (κ3) is 4.79. The number of nitrogens with zero attached hydrogens (tertiary/aromatic N) is 1. The highest BCUT2D eigenvalue weighted by molar-refractivity contribution is 5.27. The lowest BCUT2D eigenvalue weighted by Gasteiger charge is -2.40. The lowest BCUT2D eigenvalue weighted by atomic mass is 9.85. The van der Waals surface area contributed by atoms with Crippen molar-refractivity contribution in [2.24, 2.45) is 5.73 Å². The summed E-state index contributed by atoms with van der Waals surface area (Å²) in [5, 5.41) is 0. The number of rotatable bonds is 9. The van der Waals surface area contributed by atoms with Crippen molar-refractivity contribution in [3.8, 4) is 0 Å². The highest BCUT2D eigenvalue weighted by Crippen LogP contribution is 2.28. The van der Waals surface area contributed by atoms with Gasteiger partial charge >= 0.3 is 0 Å². The van der Waals surface area contributed by atoms with E-state index in [4.69, 9.17) is 5.73 Å². The molecule has 0 radical (unpaired) electrons. The van der Waals surface area contributed by atoms with Gasteiger partial charge in [-0.15, -0.1) is 0 Å². The van der Waals surface area contributed by atoms with Crippen molar-refractivity contribution >= 4 is 0 Å². The zero-order valence-corrected chi connectivity index (χ0v) is 14.0. The summed E-state index contributed by atoms with van der Waals surface area (Å²) in [5.41, 5.74) is 6.46. The van der Waals surface area contributed by atoms with Crippen molar-refractivity contribution in [2.45, 2.75) is 65.0 Å². The summed E-state index contributed by atoms with van der Waals surface area (Å²) in [6.45, 7) is 10.5. The van der Waals surface area contributed by atoms with Crippen LogP contribution in [0.4, 0.5) is 4.39 Å². The molecule has 2 atom stereocenters. The van der Waals surface area contributed by atoms with Crippen molar-refractivity contribution in [2.75, 3.05) is 13.1 Å². The first kappa shape index (κ1) is 18.1. The van der Waals surface area contributed by atoms with Crippen LogP contribution in [0.15, 0.2) is 24.3 Å². The van der Waals surface area contributed by atoms with E-state index in [0.29, 0.717) is 5.56 Å². The second-order valence-corrected chi connectivity index (χ2v) is 6.18. The van der Waals surface area contributed by atoms with E-state index in [-0.39, 0.29) is 11.9 Å². The van der Waals surface area contributed by atoms with E-state index in [2.05, 4.69) is 25.7 Å². The van der Waals surface area contributed by atoms with Crippen molar-refractivity contribution in [3.63, 3.8) is 0 Å². The van der Waals surface area contributed by atoms with Crippen LogP contribution in [-0.2, 0) is 5.54 Å². The van der Waals surface area contributed by atoms with Crippen LogP contribution in [0.3, 0.4) is 0 Å². The molecule has 0 aliphatic carbocycles. The Hall–Kier alpha value is -0.930. The third-order valence-electron chi connectivity index (χ3n) is 4.47. The highest BCUT2D eigenvalue weighted by atomic mass is 19.1. The van der Waals surface area contributed by atoms with Gasteiger partial charge in [0.1, 0.15) is 5.82 Å². The second kappa shape index (κ2) is 8.50. The number of benzene rings is 1. The first-order valence-corrected chi connectivity index (χ1v) is 8.23. The first-order valence-electron chi connectivity index (χ1n) is 8.23. The van der Waals surface area contributed by atoms with Crippen LogP contribution in [0.2, 0.25) is 0 Å². The predicted molar refractivity (Wildman–Crippen MR) is 88.8 cm³/mol. The van der Waals surface area contributed by atoms with Crippen molar-refractivity contribution < 1.29 is 4.39 Å². The Labute approximate surface area is 129 Å². The van der Waals surface area contributed by atoms with Crippen LogP contribution < -0.4 is 5.73 Å². The van der Waals surface area contributed by atoms with E-state index in [1.54, 1.807) is 6.07 Å². The zero-order chi connectivity index (χ0) is 15.9. The van der Waals surface area contributed by atoms with Gasteiger partial charge in [0.2, 0.25) is 0 Å². The maximum atomic E-state index is 14.1. The molecule has 2 N–H and O–H groups in total. The molecule has 2 nitrogen and oxygen atoms in total. The Morgan fingerprint density at radius 2 is 1.67 bits per heavy atom. The maximum Gasteiger partial charge on any atom is 0.128 e. The van der Waals surface area contributed by atoms with E-state index in [1.165, 1.54) is 6.07 Å². The monoisotopic (exact) mass is 294 g/mol. The molecule has 1 aromatic rings. The van der Waals surface area contributed by atoms with E-state index in [1.807, 2.05) is 19.1 Å².